The molecule has 6 heteroatoms. The van der Waals surface area contributed by atoms with Crippen LogP contribution in [0.25, 0.3) is 10.2 Å². The highest BCUT2D eigenvalue weighted by molar-refractivity contribution is 7.16. The third kappa shape index (κ3) is 3.34. The van der Waals surface area contributed by atoms with Crippen LogP contribution in [0.5, 0.6) is 0 Å². The van der Waals surface area contributed by atoms with Crippen LogP contribution in [-0.2, 0) is 6.54 Å². The summed E-state index contributed by atoms with van der Waals surface area (Å²) < 4.78 is 3.17. The Bertz CT molecular complexity index is 943. The zero-order valence-electron chi connectivity index (χ0n) is 12.4. The van der Waals surface area contributed by atoms with Crippen molar-refractivity contribution in [3.8, 4) is 0 Å². The Morgan fingerprint density at radius 2 is 2.00 bits per heavy atom. The first-order valence-corrected chi connectivity index (χ1v) is 8.80. The number of fused-ring (bicyclic) bond motifs is 1. The second kappa shape index (κ2) is 6.87. The molecule has 0 atom stereocenters. The van der Waals surface area contributed by atoms with Crippen LogP contribution in [-0.4, -0.2) is 10.5 Å². The summed E-state index contributed by atoms with van der Waals surface area (Å²) in [5, 5.41) is 0.817. The van der Waals surface area contributed by atoms with Gasteiger partial charge in [0.25, 0.3) is 5.91 Å². The van der Waals surface area contributed by atoms with E-state index in [9.17, 15) is 4.79 Å². The Kier molecular flexibility index (Phi) is 4.85. The smallest absolute Gasteiger partial charge is 0.281 e. The molecule has 0 saturated heterocycles. The van der Waals surface area contributed by atoms with E-state index in [1.54, 1.807) is 18.2 Å². The topological polar surface area (TPSA) is 34.4 Å². The van der Waals surface area contributed by atoms with E-state index in [0.717, 1.165) is 23.2 Å². The van der Waals surface area contributed by atoms with Crippen molar-refractivity contribution in [3.05, 3.63) is 62.9 Å². The van der Waals surface area contributed by atoms with E-state index in [0.29, 0.717) is 20.4 Å². The summed E-state index contributed by atoms with van der Waals surface area (Å²) >= 11 is 13.5. The lowest BCUT2D eigenvalue weighted by atomic mass is 10.2. The third-order valence-corrected chi connectivity index (χ3v) is 5.02. The molecule has 0 radical (unpaired) electrons. The van der Waals surface area contributed by atoms with Gasteiger partial charge in [-0.25, -0.2) is 0 Å². The molecule has 0 aliphatic heterocycles. The van der Waals surface area contributed by atoms with Gasteiger partial charge < -0.3 is 4.57 Å². The normalized spacial score (nSPS) is 12.0. The molecule has 23 heavy (non-hydrogen) atoms. The molecule has 0 aliphatic carbocycles. The van der Waals surface area contributed by atoms with Gasteiger partial charge in [0.05, 0.1) is 20.8 Å². The van der Waals surface area contributed by atoms with Gasteiger partial charge in [0, 0.05) is 11.6 Å². The second-order valence-corrected chi connectivity index (χ2v) is 6.90. The van der Waals surface area contributed by atoms with Crippen LogP contribution in [0, 0.1) is 0 Å². The number of thiazole rings is 1. The van der Waals surface area contributed by atoms with Crippen LogP contribution in [0.2, 0.25) is 10.0 Å². The lowest BCUT2D eigenvalue weighted by Crippen LogP contribution is -2.17. The molecule has 0 saturated carbocycles. The van der Waals surface area contributed by atoms with Crippen molar-refractivity contribution in [2.45, 2.75) is 19.9 Å². The third-order valence-electron chi connectivity index (χ3n) is 3.39. The lowest BCUT2D eigenvalue weighted by Gasteiger charge is -2.03. The number of halogens is 2. The van der Waals surface area contributed by atoms with Crippen LogP contribution >= 0.6 is 34.5 Å². The van der Waals surface area contributed by atoms with Gasteiger partial charge in [-0.2, -0.15) is 4.99 Å². The summed E-state index contributed by atoms with van der Waals surface area (Å²) in [6.45, 7) is 2.90. The summed E-state index contributed by atoms with van der Waals surface area (Å²) in [4.78, 5) is 17.5. The van der Waals surface area contributed by atoms with Gasteiger partial charge in [-0.3, -0.25) is 4.79 Å². The molecule has 3 aromatic rings. The first kappa shape index (κ1) is 16.2. The van der Waals surface area contributed by atoms with E-state index < -0.39 is 0 Å². The number of para-hydroxylation sites is 1. The molecule has 0 bridgehead atoms. The molecule has 0 aliphatic rings. The number of carbonyl (C=O) groups is 1. The number of nitrogens with zero attached hydrogens (tertiary/aromatic N) is 2. The number of benzene rings is 2. The molecule has 3 nitrogen and oxygen atoms in total. The number of amides is 1. The van der Waals surface area contributed by atoms with Crippen LogP contribution < -0.4 is 4.80 Å². The lowest BCUT2D eigenvalue weighted by molar-refractivity contribution is 0.0998. The van der Waals surface area contributed by atoms with Gasteiger partial charge in [0.2, 0.25) is 0 Å². The second-order valence-electron chi connectivity index (χ2n) is 5.05. The Hall–Kier alpha value is -1.62. The van der Waals surface area contributed by atoms with E-state index in [1.165, 1.54) is 11.3 Å². The van der Waals surface area contributed by atoms with Gasteiger partial charge in [0.1, 0.15) is 0 Å². The van der Waals surface area contributed by atoms with Crippen molar-refractivity contribution in [1.82, 2.24) is 4.57 Å². The number of hydrogen-bond donors (Lipinski definition) is 0. The number of aromatic nitrogens is 1. The van der Waals surface area contributed by atoms with Crippen molar-refractivity contribution in [2.24, 2.45) is 4.99 Å². The highest BCUT2D eigenvalue weighted by Crippen LogP contribution is 2.22. The summed E-state index contributed by atoms with van der Waals surface area (Å²) in [7, 11) is 0. The molecule has 1 amide bonds. The van der Waals surface area contributed by atoms with E-state index in [-0.39, 0.29) is 5.91 Å². The Morgan fingerprint density at radius 3 is 2.78 bits per heavy atom. The summed E-state index contributed by atoms with van der Waals surface area (Å²) in [6.07, 6.45) is 0.958. The fourth-order valence-electron chi connectivity index (χ4n) is 2.35. The maximum Gasteiger partial charge on any atom is 0.281 e. The summed E-state index contributed by atoms with van der Waals surface area (Å²) in [5.74, 6) is -0.381. The van der Waals surface area contributed by atoms with Crippen molar-refractivity contribution in [3.63, 3.8) is 0 Å². The van der Waals surface area contributed by atoms with Gasteiger partial charge >= 0.3 is 0 Å². The molecule has 3 rings (SSSR count). The molecule has 0 N–H and O–H groups in total. The molecule has 1 heterocycles. The largest absolute Gasteiger partial charge is 0.316 e. The quantitative estimate of drug-likeness (QED) is 0.631. The zero-order valence-corrected chi connectivity index (χ0v) is 14.8. The van der Waals surface area contributed by atoms with E-state index >= 15 is 0 Å². The first-order valence-electron chi connectivity index (χ1n) is 7.22. The molecule has 0 spiro atoms. The van der Waals surface area contributed by atoms with Crippen LogP contribution in [0.4, 0.5) is 0 Å². The average Bonchev–Trinajstić information content (AvgIpc) is 2.88. The molecule has 1 aromatic heterocycles. The SMILES string of the molecule is CCCn1c(=NC(=O)c2cc(Cl)ccc2Cl)sc2ccccc21. The molecule has 0 unspecified atom stereocenters. The monoisotopic (exact) mass is 364 g/mol. The Labute approximate surface area is 147 Å². The van der Waals surface area contributed by atoms with Crippen LogP contribution in [0.15, 0.2) is 47.5 Å². The van der Waals surface area contributed by atoms with Crippen molar-refractivity contribution >= 4 is 50.7 Å². The van der Waals surface area contributed by atoms with Crippen LogP contribution in [0.1, 0.15) is 23.7 Å². The van der Waals surface area contributed by atoms with E-state index in [4.69, 9.17) is 23.2 Å². The summed E-state index contributed by atoms with van der Waals surface area (Å²) in [5.41, 5.74) is 1.41. The predicted molar refractivity (Wildman–Crippen MR) is 96.5 cm³/mol. The minimum absolute atomic E-state index is 0.319. The number of aryl methyl sites for hydroxylation is 1. The predicted octanol–water partition coefficient (Wildman–Crippen LogP) is 5.16. The fraction of sp³-hybridized carbons (Fsp3) is 0.176. The highest BCUT2D eigenvalue weighted by Gasteiger charge is 2.12. The van der Waals surface area contributed by atoms with Gasteiger partial charge in [-0.1, -0.05) is 53.6 Å². The van der Waals surface area contributed by atoms with E-state index in [1.807, 2.05) is 24.3 Å². The van der Waals surface area contributed by atoms with Gasteiger partial charge in [-0.15, -0.1) is 0 Å². The minimum Gasteiger partial charge on any atom is -0.316 e. The number of hydrogen-bond acceptors (Lipinski definition) is 2. The van der Waals surface area contributed by atoms with Gasteiger partial charge in [0.15, 0.2) is 4.80 Å². The maximum absolute atomic E-state index is 12.5. The number of carbonyl (C=O) groups excluding carboxylic acids is 1. The molecule has 0 fully saturated rings. The molecular formula is C17H14Cl2N2OS. The Balaban J connectivity index is 2.15. The van der Waals surface area contributed by atoms with Crippen LogP contribution in [0.3, 0.4) is 0 Å². The average molecular weight is 365 g/mol. The Morgan fingerprint density at radius 1 is 1.22 bits per heavy atom. The standard InChI is InChI=1S/C17H14Cl2N2OS/c1-2-9-21-14-5-3-4-6-15(14)23-17(21)20-16(22)12-10-11(18)7-8-13(12)19/h3-8,10H,2,9H2,1H3. The molecular weight excluding hydrogens is 351 g/mol. The highest BCUT2D eigenvalue weighted by atomic mass is 35.5. The van der Waals surface area contributed by atoms with Crippen molar-refractivity contribution < 1.29 is 4.79 Å². The van der Waals surface area contributed by atoms with E-state index in [2.05, 4.69) is 16.5 Å². The fourth-order valence-corrected chi connectivity index (χ4v) is 3.78. The maximum atomic E-state index is 12.5. The van der Waals surface area contributed by atoms with Gasteiger partial charge in [-0.05, 0) is 36.8 Å². The first-order chi connectivity index (χ1) is 11.1. The summed E-state index contributed by atoms with van der Waals surface area (Å²) in [6, 6.07) is 12.8. The zero-order chi connectivity index (χ0) is 16.4. The van der Waals surface area contributed by atoms with Crippen molar-refractivity contribution in [1.29, 1.82) is 0 Å². The van der Waals surface area contributed by atoms with Crippen molar-refractivity contribution in [2.75, 3.05) is 0 Å². The minimum atomic E-state index is -0.381. The molecule has 2 aromatic carbocycles. The molecule has 118 valence electrons. The number of rotatable bonds is 3.